The van der Waals surface area contributed by atoms with Gasteiger partial charge in [0, 0.05) is 24.7 Å². The molecule has 1 aliphatic heterocycles. The second-order valence-electron chi connectivity index (χ2n) is 6.35. The Hall–Kier alpha value is -3.19. The van der Waals surface area contributed by atoms with Gasteiger partial charge in [-0.1, -0.05) is 30.3 Å². The van der Waals surface area contributed by atoms with E-state index in [1.165, 1.54) is 0 Å². The molecular formula is C20H21N5O2. The smallest absolute Gasteiger partial charge is 0.152 e. The van der Waals surface area contributed by atoms with Crippen molar-refractivity contribution in [2.24, 2.45) is 5.10 Å². The number of aryl methyl sites for hydroxylation is 1. The highest BCUT2D eigenvalue weighted by molar-refractivity contribution is 6.02. The third-order valence-corrected chi connectivity index (χ3v) is 4.48. The van der Waals surface area contributed by atoms with Crippen LogP contribution < -0.4 is 10.3 Å². The van der Waals surface area contributed by atoms with Gasteiger partial charge in [-0.25, -0.2) is 9.97 Å². The summed E-state index contributed by atoms with van der Waals surface area (Å²) in [5.74, 6) is 2.33. The lowest BCUT2D eigenvalue weighted by Gasteiger charge is -2.28. The summed E-state index contributed by atoms with van der Waals surface area (Å²) in [5, 5.41) is 16.5. The van der Waals surface area contributed by atoms with Gasteiger partial charge in [-0.3, -0.25) is 5.43 Å². The minimum Gasteiger partial charge on any atom is -0.507 e. The average Bonchev–Trinajstić information content (AvgIpc) is 2.70. The Kier molecular flexibility index (Phi) is 4.84. The second kappa shape index (κ2) is 7.59. The standard InChI is InChI=1S/C20H21N5O2/c1-14-22-19(12-20(23-14)25-8-10-27-11-9-25)24-21-13-17-16-5-3-2-4-15(16)6-7-18(17)26/h2-7,12-13,26H,8-11H2,1H3,(H,22,23,24). The lowest BCUT2D eigenvalue weighted by molar-refractivity contribution is 0.122. The lowest BCUT2D eigenvalue weighted by atomic mass is 10.0. The maximum atomic E-state index is 10.2. The SMILES string of the molecule is Cc1nc(NN=Cc2c(O)ccc3ccccc23)cc(N2CCOCC2)n1. The number of ether oxygens (including phenoxy) is 1. The number of hydrogen-bond acceptors (Lipinski definition) is 7. The third kappa shape index (κ3) is 3.83. The molecule has 4 rings (SSSR count). The van der Waals surface area contributed by atoms with Gasteiger partial charge in [0.25, 0.3) is 0 Å². The number of nitrogens with zero attached hydrogens (tertiary/aromatic N) is 4. The number of anilines is 2. The summed E-state index contributed by atoms with van der Waals surface area (Å²) in [5.41, 5.74) is 3.62. The zero-order valence-corrected chi connectivity index (χ0v) is 15.1. The summed E-state index contributed by atoms with van der Waals surface area (Å²) in [6.07, 6.45) is 1.61. The molecular weight excluding hydrogens is 342 g/mol. The third-order valence-electron chi connectivity index (χ3n) is 4.48. The predicted octanol–water partition coefficient (Wildman–Crippen LogP) is 2.93. The van der Waals surface area contributed by atoms with Gasteiger partial charge >= 0.3 is 0 Å². The topological polar surface area (TPSA) is 82.9 Å². The van der Waals surface area contributed by atoms with Crippen LogP contribution in [0.5, 0.6) is 5.75 Å². The zero-order valence-electron chi connectivity index (χ0n) is 15.1. The molecule has 0 aliphatic carbocycles. The number of aromatic nitrogens is 2. The second-order valence-corrected chi connectivity index (χ2v) is 6.35. The van der Waals surface area contributed by atoms with Crippen LogP contribution in [0.25, 0.3) is 10.8 Å². The van der Waals surface area contributed by atoms with E-state index in [1.807, 2.05) is 43.3 Å². The van der Waals surface area contributed by atoms with Gasteiger partial charge in [-0.2, -0.15) is 5.10 Å². The quantitative estimate of drug-likeness (QED) is 0.548. The average molecular weight is 363 g/mol. The molecule has 0 radical (unpaired) electrons. The number of rotatable bonds is 4. The number of fused-ring (bicyclic) bond motifs is 1. The monoisotopic (exact) mass is 363 g/mol. The summed E-state index contributed by atoms with van der Waals surface area (Å²) < 4.78 is 5.39. The first kappa shape index (κ1) is 17.2. The van der Waals surface area contributed by atoms with E-state index in [0.29, 0.717) is 30.4 Å². The van der Waals surface area contributed by atoms with Crippen molar-refractivity contribution in [3.05, 3.63) is 53.9 Å². The van der Waals surface area contributed by atoms with Gasteiger partial charge in [0.15, 0.2) is 5.82 Å². The summed E-state index contributed by atoms with van der Waals surface area (Å²) in [6, 6.07) is 13.3. The first-order chi connectivity index (χ1) is 13.2. The fraction of sp³-hybridized carbons (Fsp3) is 0.250. The Labute approximate surface area is 157 Å². The Morgan fingerprint density at radius 1 is 1.15 bits per heavy atom. The molecule has 138 valence electrons. The van der Waals surface area contributed by atoms with Crippen molar-refractivity contribution in [1.82, 2.24) is 9.97 Å². The summed E-state index contributed by atoms with van der Waals surface area (Å²) in [6.45, 7) is 4.87. The van der Waals surface area contributed by atoms with Crippen molar-refractivity contribution in [1.29, 1.82) is 0 Å². The van der Waals surface area contributed by atoms with Gasteiger partial charge in [0.05, 0.1) is 19.4 Å². The molecule has 0 unspecified atom stereocenters. The van der Waals surface area contributed by atoms with Crippen LogP contribution >= 0.6 is 0 Å². The highest BCUT2D eigenvalue weighted by atomic mass is 16.5. The van der Waals surface area contributed by atoms with Crippen molar-refractivity contribution >= 4 is 28.6 Å². The van der Waals surface area contributed by atoms with Crippen LogP contribution in [-0.2, 0) is 4.74 Å². The first-order valence-electron chi connectivity index (χ1n) is 8.89. The van der Waals surface area contributed by atoms with Gasteiger partial charge in [0.1, 0.15) is 17.4 Å². The predicted molar refractivity (Wildman–Crippen MR) is 107 cm³/mol. The number of hydrazone groups is 1. The number of morpholine rings is 1. The van der Waals surface area contributed by atoms with Gasteiger partial charge in [-0.05, 0) is 23.8 Å². The molecule has 0 spiro atoms. The largest absolute Gasteiger partial charge is 0.507 e. The van der Waals surface area contributed by atoms with Crippen LogP contribution in [0, 0.1) is 6.92 Å². The zero-order chi connectivity index (χ0) is 18.6. The molecule has 0 saturated carbocycles. The van der Waals surface area contributed by atoms with E-state index < -0.39 is 0 Å². The van der Waals surface area contributed by atoms with E-state index >= 15 is 0 Å². The fourth-order valence-corrected chi connectivity index (χ4v) is 3.15. The molecule has 1 aromatic heterocycles. The van der Waals surface area contributed by atoms with Crippen molar-refractivity contribution in [3.63, 3.8) is 0 Å². The van der Waals surface area contributed by atoms with Crippen molar-refractivity contribution < 1.29 is 9.84 Å². The molecule has 1 aliphatic rings. The molecule has 7 heteroatoms. The van der Waals surface area contributed by atoms with Crippen LogP contribution in [0.15, 0.2) is 47.6 Å². The molecule has 2 aromatic carbocycles. The minimum absolute atomic E-state index is 0.187. The number of phenols is 1. The van der Waals surface area contributed by atoms with Gasteiger partial charge < -0.3 is 14.7 Å². The molecule has 0 bridgehead atoms. The van der Waals surface area contributed by atoms with Crippen LogP contribution in [-0.4, -0.2) is 47.6 Å². The molecule has 3 aromatic rings. The molecule has 1 saturated heterocycles. The Bertz CT molecular complexity index is 983. The Morgan fingerprint density at radius 3 is 2.81 bits per heavy atom. The number of benzene rings is 2. The molecule has 0 atom stereocenters. The van der Waals surface area contributed by atoms with Crippen LogP contribution in [0.2, 0.25) is 0 Å². The molecule has 1 fully saturated rings. The van der Waals surface area contributed by atoms with Crippen molar-refractivity contribution in [3.8, 4) is 5.75 Å². The van der Waals surface area contributed by atoms with Crippen molar-refractivity contribution in [2.75, 3.05) is 36.6 Å². The normalized spacial score (nSPS) is 14.8. The van der Waals surface area contributed by atoms with E-state index in [0.717, 1.165) is 29.7 Å². The Balaban J connectivity index is 1.57. The van der Waals surface area contributed by atoms with E-state index in [2.05, 4.69) is 25.4 Å². The highest BCUT2D eigenvalue weighted by Gasteiger charge is 2.14. The molecule has 2 N–H and O–H groups in total. The molecule has 2 heterocycles. The molecule has 27 heavy (non-hydrogen) atoms. The van der Waals surface area contributed by atoms with Gasteiger partial charge in [-0.15, -0.1) is 0 Å². The maximum Gasteiger partial charge on any atom is 0.152 e. The summed E-state index contributed by atoms with van der Waals surface area (Å²) in [7, 11) is 0. The van der Waals surface area contributed by atoms with E-state index in [-0.39, 0.29) is 5.75 Å². The summed E-state index contributed by atoms with van der Waals surface area (Å²) >= 11 is 0. The summed E-state index contributed by atoms with van der Waals surface area (Å²) in [4.78, 5) is 11.1. The molecule has 7 nitrogen and oxygen atoms in total. The Morgan fingerprint density at radius 2 is 1.96 bits per heavy atom. The number of aromatic hydroxyl groups is 1. The lowest BCUT2D eigenvalue weighted by Crippen LogP contribution is -2.36. The van der Waals surface area contributed by atoms with Crippen LogP contribution in [0.1, 0.15) is 11.4 Å². The fourth-order valence-electron chi connectivity index (χ4n) is 3.15. The van der Waals surface area contributed by atoms with Gasteiger partial charge in [0.2, 0.25) is 0 Å². The van der Waals surface area contributed by atoms with E-state index in [1.54, 1.807) is 12.3 Å². The maximum absolute atomic E-state index is 10.2. The number of nitrogens with one attached hydrogen (secondary N) is 1. The van der Waals surface area contributed by atoms with E-state index in [4.69, 9.17) is 4.74 Å². The number of phenolic OH excluding ortho intramolecular Hbond substituents is 1. The molecule has 0 amide bonds. The van der Waals surface area contributed by atoms with Crippen molar-refractivity contribution in [2.45, 2.75) is 6.92 Å². The number of hydrogen-bond donors (Lipinski definition) is 2. The van der Waals surface area contributed by atoms with Crippen LogP contribution in [0.3, 0.4) is 0 Å². The van der Waals surface area contributed by atoms with Crippen LogP contribution in [0.4, 0.5) is 11.6 Å². The minimum atomic E-state index is 0.187. The van der Waals surface area contributed by atoms with E-state index in [9.17, 15) is 5.11 Å². The highest BCUT2D eigenvalue weighted by Crippen LogP contribution is 2.25. The first-order valence-corrected chi connectivity index (χ1v) is 8.89.